The summed E-state index contributed by atoms with van der Waals surface area (Å²) in [6.45, 7) is 4.57. The molecule has 0 saturated heterocycles. The molecule has 0 fully saturated rings. The van der Waals surface area contributed by atoms with Crippen LogP contribution in [0.1, 0.15) is 13.8 Å². The molecule has 0 bridgehead atoms. The lowest BCUT2D eigenvalue weighted by Gasteiger charge is -2.18. The van der Waals surface area contributed by atoms with Crippen molar-refractivity contribution in [3.05, 3.63) is 30.3 Å². The summed E-state index contributed by atoms with van der Waals surface area (Å²) in [5, 5.41) is 0. The van der Waals surface area contributed by atoms with Crippen molar-refractivity contribution in [3.63, 3.8) is 0 Å². The Morgan fingerprint density at radius 2 is 1.94 bits per heavy atom. The standard InChI is InChI=1S/C13H19NO3S/c1-11(2)9-14(3)13(15)10-17-18(16)12-7-5-4-6-8-12/h4-8,11H,9-10H2,1-3H3. The summed E-state index contributed by atoms with van der Waals surface area (Å²) in [4.78, 5) is 13.8. The number of carbonyl (C=O) groups is 1. The second-order valence-corrected chi connectivity index (χ2v) is 5.65. The first-order chi connectivity index (χ1) is 8.50. The molecule has 0 heterocycles. The van der Waals surface area contributed by atoms with Crippen LogP contribution in [0.25, 0.3) is 0 Å². The second kappa shape index (κ2) is 7.28. The lowest BCUT2D eigenvalue weighted by atomic mass is 10.2. The molecule has 1 amide bonds. The molecule has 0 aliphatic carbocycles. The molecule has 100 valence electrons. The van der Waals surface area contributed by atoms with Gasteiger partial charge in [-0.05, 0) is 18.1 Å². The minimum Gasteiger partial charge on any atom is -0.343 e. The lowest BCUT2D eigenvalue weighted by molar-refractivity contribution is -0.132. The van der Waals surface area contributed by atoms with E-state index < -0.39 is 11.1 Å². The Kier molecular flexibility index (Phi) is 6.01. The molecule has 0 aliphatic heterocycles. The highest BCUT2D eigenvalue weighted by molar-refractivity contribution is 7.80. The summed E-state index contributed by atoms with van der Waals surface area (Å²) in [7, 11) is 1.72. The molecule has 0 aliphatic rings. The van der Waals surface area contributed by atoms with Crippen LogP contribution in [0.15, 0.2) is 35.2 Å². The number of nitrogens with zero attached hydrogens (tertiary/aromatic N) is 1. The third-order valence-electron chi connectivity index (χ3n) is 2.29. The summed E-state index contributed by atoms with van der Waals surface area (Å²) in [5.41, 5.74) is 0. The SMILES string of the molecule is CC(C)CN(C)C(=O)COS(=O)c1ccccc1. The van der Waals surface area contributed by atoms with Crippen LogP contribution in [0.3, 0.4) is 0 Å². The number of carbonyl (C=O) groups excluding carboxylic acids is 1. The van der Waals surface area contributed by atoms with E-state index in [0.717, 1.165) is 0 Å². The van der Waals surface area contributed by atoms with Crippen molar-refractivity contribution in [2.24, 2.45) is 5.92 Å². The van der Waals surface area contributed by atoms with E-state index in [4.69, 9.17) is 4.18 Å². The first-order valence-corrected chi connectivity index (χ1v) is 6.92. The van der Waals surface area contributed by atoms with Crippen LogP contribution in [0.5, 0.6) is 0 Å². The summed E-state index contributed by atoms with van der Waals surface area (Å²) < 4.78 is 16.8. The van der Waals surface area contributed by atoms with E-state index in [1.807, 2.05) is 19.9 Å². The number of hydrogen-bond acceptors (Lipinski definition) is 3. The molecular weight excluding hydrogens is 250 g/mol. The van der Waals surface area contributed by atoms with E-state index in [0.29, 0.717) is 17.4 Å². The van der Waals surface area contributed by atoms with Crippen LogP contribution in [0, 0.1) is 5.92 Å². The van der Waals surface area contributed by atoms with Gasteiger partial charge in [-0.1, -0.05) is 32.0 Å². The van der Waals surface area contributed by atoms with Crippen LogP contribution < -0.4 is 0 Å². The van der Waals surface area contributed by atoms with Gasteiger partial charge >= 0.3 is 0 Å². The van der Waals surface area contributed by atoms with E-state index in [1.54, 1.807) is 36.2 Å². The Morgan fingerprint density at radius 1 is 1.33 bits per heavy atom. The average Bonchev–Trinajstić information content (AvgIpc) is 2.35. The highest BCUT2D eigenvalue weighted by Crippen LogP contribution is 2.07. The predicted octanol–water partition coefficient (Wildman–Crippen LogP) is 1.84. The first kappa shape index (κ1) is 14.9. The molecule has 0 aromatic heterocycles. The van der Waals surface area contributed by atoms with Crippen LogP contribution in [-0.4, -0.2) is 35.2 Å². The summed E-state index contributed by atoms with van der Waals surface area (Å²) >= 11 is -1.58. The highest BCUT2D eigenvalue weighted by atomic mass is 32.2. The van der Waals surface area contributed by atoms with E-state index in [2.05, 4.69) is 0 Å². The summed E-state index contributed by atoms with van der Waals surface area (Å²) in [6.07, 6.45) is 0. The fourth-order valence-corrected chi connectivity index (χ4v) is 2.19. The molecule has 0 radical (unpaired) electrons. The Balaban J connectivity index is 2.41. The first-order valence-electron chi connectivity index (χ1n) is 5.84. The van der Waals surface area contributed by atoms with Crippen molar-refractivity contribution < 1.29 is 13.2 Å². The van der Waals surface area contributed by atoms with Crippen LogP contribution in [0.2, 0.25) is 0 Å². The van der Waals surface area contributed by atoms with Gasteiger partial charge in [0.1, 0.15) is 6.61 Å². The average molecular weight is 269 g/mol. The molecule has 1 aromatic rings. The molecule has 1 unspecified atom stereocenters. The Labute approximate surface area is 111 Å². The van der Waals surface area contributed by atoms with Crippen molar-refractivity contribution >= 4 is 17.0 Å². The maximum absolute atomic E-state index is 11.7. The quantitative estimate of drug-likeness (QED) is 0.791. The topological polar surface area (TPSA) is 46.6 Å². The minimum atomic E-state index is -1.58. The Hall–Kier alpha value is -1.20. The van der Waals surface area contributed by atoms with Crippen molar-refractivity contribution in [2.75, 3.05) is 20.2 Å². The van der Waals surface area contributed by atoms with Crippen molar-refractivity contribution in [1.82, 2.24) is 4.90 Å². The zero-order chi connectivity index (χ0) is 13.5. The minimum absolute atomic E-state index is 0.159. The van der Waals surface area contributed by atoms with Crippen LogP contribution >= 0.6 is 0 Å². The normalized spacial score (nSPS) is 12.4. The maximum atomic E-state index is 11.7. The number of amides is 1. The maximum Gasteiger partial charge on any atom is 0.249 e. The highest BCUT2D eigenvalue weighted by Gasteiger charge is 2.13. The zero-order valence-corrected chi connectivity index (χ0v) is 11.8. The van der Waals surface area contributed by atoms with Crippen LogP contribution in [0.4, 0.5) is 0 Å². The van der Waals surface area contributed by atoms with Gasteiger partial charge in [0.15, 0.2) is 11.1 Å². The smallest absolute Gasteiger partial charge is 0.249 e. The molecule has 0 N–H and O–H groups in total. The molecular formula is C13H19NO3S. The van der Waals surface area contributed by atoms with Gasteiger partial charge in [0.25, 0.3) is 0 Å². The Morgan fingerprint density at radius 3 is 2.50 bits per heavy atom. The monoisotopic (exact) mass is 269 g/mol. The molecule has 0 saturated carbocycles. The van der Waals surface area contributed by atoms with E-state index in [1.165, 1.54) is 0 Å². The summed E-state index contributed by atoms with van der Waals surface area (Å²) in [6, 6.07) is 8.81. The molecule has 1 rings (SSSR count). The molecule has 0 spiro atoms. The number of likely N-dealkylation sites (N-methyl/N-ethyl adjacent to an activating group) is 1. The second-order valence-electron chi connectivity index (χ2n) is 4.48. The molecule has 4 nitrogen and oxygen atoms in total. The van der Waals surface area contributed by atoms with Gasteiger partial charge in [-0.15, -0.1) is 0 Å². The van der Waals surface area contributed by atoms with E-state index in [-0.39, 0.29) is 12.5 Å². The van der Waals surface area contributed by atoms with Gasteiger partial charge in [-0.2, -0.15) is 0 Å². The summed E-state index contributed by atoms with van der Waals surface area (Å²) in [5.74, 6) is 0.242. The Bertz CT molecular complexity index is 406. The van der Waals surface area contributed by atoms with Gasteiger partial charge < -0.3 is 4.90 Å². The molecule has 1 atom stereocenters. The number of rotatable bonds is 6. The lowest BCUT2D eigenvalue weighted by Crippen LogP contribution is -2.33. The fraction of sp³-hybridized carbons (Fsp3) is 0.462. The number of benzene rings is 1. The fourth-order valence-electron chi connectivity index (χ4n) is 1.46. The zero-order valence-electron chi connectivity index (χ0n) is 11.0. The molecule has 18 heavy (non-hydrogen) atoms. The number of hydrogen-bond donors (Lipinski definition) is 0. The van der Waals surface area contributed by atoms with E-state index >= 15 is 0 Å². The third kappa shape index (κ3) is 4.98. The third-order valence-corrected chi connectivity index (χ3v) is 3.28. The van der Waals surface area contributed by atoms with Crippen molar-refractivity contribution in [3.8, 4) is 0 Å². The molecule has 1 aromatic carbocycles. The van der Waals surface area contributed by atoms with Crippen LogP contribution in [-0.2, 0) is 20.1 Å². The van der Waals surface area contributed by atoms with Gasteiger partial charge in [0.05, 0.1) is 4.90 Å². The van der Waals surface area contributed by atoms with Gasteiger partial charge in [-0.3, -0.25) is 8.98 Å². The van der Waals surface area contributed by atoms with Gasteiger partial charge in [-0.25, -0.2) is 4.21 Å². The van der Waals surface area contributed by atoms with Gasteiger partial charge in [0.2, 0.25) is 5.91 Å². The van der Waals surface area contributed by atoms with E-state index in [9.17, 15) is 9.00 Å². The largest absolute Gasteiger partial charge is 0.343 e. The predicted molar refractivity (Wildman–Crippen MR) is 71.3 cm³/mol. The van der Waals surface area contributed by atoms with Crippen molar-refractivity contribution in [2.45, 2.75) is 18.7 Å². The van der Waals surface area contributed by atoms with Gasteiger partial charge in [0, 0.05) is 13.6 Å². The van der Waals surface area contributed by atoms with Crippen molar-refractivity contribution in [1.29, 1.82) is 0 Å². The molecule has 5 heteroatoms.